The van der Waals surface area contributed by atoms with Crippen molar-refractivity contribution in [2.75, 3.05) is 36.4 Å². The molecule has 0 saturated carbocycles. The van der Waals surface area contributed by atoms with Gasteiger partial charge in [0.25, 0.3) is 5.69 Å². The van der Waals surface area contributed by atoms with Gasteiger partial charge in [-0.3, -0.25) is 14.9 Å². The number of alkyl halides is 1. The third-order valence-corrected chi connectivity index (χ3v) is 3.76. The molecule has 0 radical (unpaired) electrons. The van der Waals surface area contributed by atoms with Crippen molar-refractivity contribution in [2.45, 2.75) is 6.42 Å². The van der Waals surface area contributed by atoms with E-state index in [0.717, 1.165) is 0 Å². The maximum absolute atomic E-state index is 11.8. The molecule has 1 aliphatic rings. The first-order valence-electron chi connectivity index (χ1n) is 6.45. The van der Waals surface area contributed by atoms with Crippen LogP contribution in [0.1, 0.15) is 6.42 Å². The minimum absolute atomic E-state index is 0.118. The molecule has 1 aromatic carbocycles. The molecule has 0 spiro atoms. The van der Waals surface area contributed by atoms with Crippen molar-refractivity contribution in [1.82, 2.24) is 4.90 Å². The Morgan fingerprint density at radius 1 is 1.25 bits per heavy atom. The number of para-hydroxylation sites is 2. The van der Waals surface area contributed by atoms with Crippen LogP contribution in [0.4, 0.5) is 11.4 Å². The number of halogens is 1. The molecule has 6 nitrogen and oxygen atoms in total. The number of amides is 1. The molecule has 108 valence electrons. The fourth-order valence-corrected chi connectivity index (χ4v) is 2.66. The topological polar surface area (TPSA) is 66.7 Å². The lowest BCUT2D eigenvalue weighted by Gasteiger charge is -2.35. The molecule has 1 fully saturated rings. The molecule has 0 N–H and O–H groups in total. The number of rotatable bonds is 4. The second-order valence-corrected chi connectivity index (χ2v) is 5.35. The van der Waals surface area contributed by atoms with Gasteiger partial charge in [0.05, 0.1) is 4.92 Å². The molecule has 0 aromatic heterocycles. The van der Waals surface area contributed by atoms with Crippen LogP contribution in [0.3, 0.4) is 0 Å². The number of nitrogens with zero attached hydrogens (tertiary/aromatic N) is 3. The van der Waals surface area contributed by atoms with E-state index < -0.39 is 0 Å². The Hall–Kier alpha value is -1.63. The Morgan fingerprint density at radius 2 is 1.90 bits per heavy atom. The molecule has 0 aliphatic carbocycles. The molecule has 0 bridgehead atoms. The van der Waals surface area contributed by atoms with E-state index in [1.165, 1.54) is 6.07 Å². The van der Waals surface area contributed by atoms with E-state index >= 15 is 0 Å². The van der Waals surface area contributed by atoms with Crippen molar-refractivity contribution in [3.63, 3.8) is 0 Å². The summed E-state index contributed by atoms with van der Waals surface area (Å²) in [4.78, 5) is 26.2. The minimum Gasteiger partial charge on any atom is -0.362 e. The number of nitro groups is 1. The molecular weight excluding hydrogens is 326 g/mol. The first-order chi connectivity index (χ1) is 9.63. The summed E-state index contributed by atoms with van der Waals surface area (Å²) in [6.45, 7) is 2.47. The summed E-state index contributed by atoms with van der Waals surface area (Å²) in [6.07, 6.45) is 0.492. The predicted molar refractivity (Wildman–Crippen MR) is 80.3 cm³/mol. The van der Waals surface area contributed by atoms with Gasteiger partial charge in [-0.05, 0) is 6.07 Å². The summed E-state index contributed by atoms with van der Waals surface area (Å²) in [6, 6.07) is 6.73. The van der Waals surface area contributed by atoms with Crippen LogP contribution >= 0.6 is 15.9 Å². The Bertz CT molecular complexity index is 501. The largest absolute Gasteiger partial charge is 0.362 e. The number of hydrogen-bond acceptors (Lipinski definition) is 4. The van der Waals surface area contributed by atoms with Crippen molar-refractivity contribution < 1.29 is 9.72 Å². The first-order valence-corrected chi connectivity index (χ1v) is 7.57. The molecule has 20 heavy (non-hydrogen) atoms. The van der Waals surface area contributed by atoms with Crippen LogP contribution < -0.4 is 4.90 Å². The highest BCUT2D eigenvalue weighted by atomic mass is 79.9. The van der Waals surface area contributed by atoms with Crippen LogP contribution in [0.25, 0.3) is 0 Å². The standard InChI is InChI=1S/C13H16BrN3O3/c14-6-5-13(18)16-9-7-15(8-10-16)11-3-1-2-4-12(11)17(19)20/h1-4H,5-10H2. The van der Waals surface area contributed by atoms with Crippen molar-refractivity contribution in [3.8, 4) is 0 Å². The fourth-order valence-electron chi connectivity index (χ4n) is 2.32. The third kappa shape index (κ3) is 3.27. The first kappa shape index (κ1) is 14.8. The minimum atomic E-state index is -0.363. The van der Waals surface area contributed by atoms with Gasteiger partial charge in [-0.2, -0.15) is 0 Å². The lowest BCUT2D eigenvalue weighted by molar-refractivity contribution is -0.384. The number of carbonyl (C=O) groups is 1. The van der Waals surface area contributed by atoms with Crippen molar-refractivity contribution in [1.29, 1.82) is 0 Å². The maximum Gasteiger partial charge on any atom is 0.292 e. The summed E-state index contributed by atoms with van der Waals surface area (Å²) < 4.78 is 0. The summed E-state index contributed by atoms with van der Waals surface area (Å²) in [5, 5.41) is 11.7. The predicted octanol–water partition coefficient (Wildman–Crippen LogP) is 2.03. The molecule has 0 atom stereocenters. The lowest BCUT2D eigenvalue weighted by Crippen LogP contribution is -2.49. The number of carbonyl (C=O) groups excluding carboxylic acids is 1. The SMILES string of the molecule is O=C(CCBr)N1CCN(c2ccccc2[N+](=O)[O-])CC1. The summed E-state index contributed by atoms with van der Waals surface area (Å²) in [5.74, 6) is 0.129. The van der Waals surface area contributed by atoms with Gasteiger partial charge in [-0.25, -0.2) is 0 Å². The van der Waals surface area contributed by atoms with Gasteiger partial charge in [0, 0.05) is 44.0 Å². The number of anilines is 1. The molecule has 1 aliphatic heterocycles. The van der Waals surface area contributed by atoms with E-state index in [1.54, 1.807) is 18.2 Å². The molecule has 1 saturated heterocycles. The third-order valence-electron chi connectivity index (χ3n) is 3.36. The Balaban J connectivity index is 2.04. The molecule has 7 heteroatoms. The number of nitro benzene ring substituents is 1. The van der Waals surface area contributed by atoms with Gasteiger partial charge in [0.15, 0.2) is 0 Å². The van der Waals surface area contributed by atoms with Crippen molar-refractivity contribution in [2.24, 2.45) is 0 Å². The van der Waals surface area contributed by atoms with Gasteiger partial charge < -0.3 is 9.80 Å². The van der Waals surface area contributed by atoms with Gasteiger partial charge in [-0.15, -0.1) is 0 Å². The molecule has 1 heterocycles. The summed E-state index contributed by atoms with van der Waals surface area (Å²) in [7, 11) is 0. The van der Waals surface area contributed by atoms with E-state index in [9.17, 15) is 14.9 Å². The molecule has 0 unspecified atom stereocenters. The van der Waals surface area contributed by atoms with Crippen LogP contribution in [0.2, 0.25) is 0 Å². The van der Waals surface area contributed by atoms with Crippen LogP contribution in [0, 0.1) is 10.1 Å². The maximum atomic E-state index is 11.8. The Morgan fingerprint density at radius 3 is 2.50 bits per heavy atom. The van der Waals surface area contributed by atoms with Gasteiger partial charge in [0.2, 0.25) is 5.91 Å². The fraction of sp³-hybridized carbons (Fsp3) is 0.462. The van der Waals surface area contributed by atoms with Crippen LogP contribution in [-0.4, -0.2) is 47.2 Å². The highest BCUT2D eigenvalue weighted by Crippen LogP contribution is 2.28. The van der Waals surface area contributed by atoms with Crippen molar-refractivity contribution in [3.05, 3.63) is 34.4 Å². The van der Waals surface area contributed by atoms with E-state index in [-0.39, 0.29) is 16.5 Å². The van der Waals surface area contributed by atoms with E-state index in [2.05, 4.69) is 15.9 Å². The normalized spacial score (nSPS) is 15.2. The van der Waals surface area contributed by atoms with Crippen LogP contribution in [-0.2, 0) is 4.79 Å². The second kappa shape index (κ2) is 6.69. The number of piperazine rings is 1. The van der Waals surface area contributed by atoms with Gasteiger partial charge >= 0.3 is 0 Å². The van der Waals surface area contributed by atoms with Gasteiger partial charge in [-0.1, -0.05) is 28.1 Å². The van der Waals surface area contributed by atoms with Crippen LogP contribution in [0.5, 0.6) is 0 Å². The highest BCUT2D eigenvalue weighted by molar-refractivity contribution is 9.09. The Labute approximate surface area is 125 Å². The molecule has 1 aromatic rings. The zero-order chi connectivity index (χ0) is 14.5. The Kier molecular flexibility index (Phi) is 4.94. The van der Waals surface area contributed by atoms with Crippen LogP contribution in [0.15, 0.2) is 24.3 Å². The highest BCUT2D eigenvalue weighted by Gasteiger charge is 2.24. The van der Waals surface area contributed by atoms with Gasteiger partial charge in [0.1, 0.15) is 5.69 Å². The number of benzene rings is 1. The van der Waals surface area contributed by atoms with E-state index in [4.69, 9.17) is 0 Å². The summed E-state index contributed by atoms with van der Waals surface area (Å²) in [5.41, 5.74) is 0.748. The molecule has 1 amide bonds. The zero-order valence-corrected chi connectivity index (χ0v) is 12.6. The molecular formula is C13H16BrN3O3. The number of hydrogen-bond donors (Lipinski definition) is 0. The van der Waals surface area contributed by atoms with E-state index in [0.29, 0.717) is 43.6 Å². The smallest absolute Gasteiger partial charge is 0.292 e. The van der Waals surface area contributed by atoms with Crippen molar-refractivity contribution >= 4 is 33.2 Å². The summed E-state index contributed by atoms with van der Waals surface area (Å²) >= 11 is 3.26. The second-order valence-electron chi connectivity index (χ2n) is 4.55. The molecule has 2 rings (SSSR count). The van der Waals surface area contributed by atoms with E-state index in [1.807, 2.05) is 9.80 Å². The lowest BCUT2D eigenvalue weighted by atomic mass is 10.2. The average Bonchev–Trinajstić information content (AvgIpc) is 2.47. The quantitative estimate of drug-likeness (QED) is 0.477. The average molecular weight is 342 g/mol. The zero-order valence-electron chi connectivity index (χ0n) is 11.0. The monoisotopic (exact) mass is 341 g/mol.